The summed E-state index contributed by atoms with van der Waals surface area (Å²) in [4.78, 5) is 2.31. The topological polar surface area (TPSA) is 3.24 Å². The molecule has 1 aliphatic heterocycles. The normalized spacial score (nSPS) is 38.8. The van der Waals surface area contributed by atoms with E-state index >= 15 is 0 Å². The van der Waals surface area contributed by atoms with E-state index in [0.29, 0.717) is 28.0 Å². The van der Waals surface area contributed by atoms with Gasteiger partial charge >= 0.3 is 0 Å². The predicted octanol–water partition coefficient (Wildman–Crippen LogP) is 4.69. The Morgan fingerprint density at radius 3 is 2.48 bits per heavy atom. The van der Waals surface area contributed by atoms with Gasteiger partial charge < -0.3 is 0 Å². The van der Waals surface area contributed by atoms with Crippen LogP contribution in [0.2, 0.25) is 0 Å². The van der Waals surface area contributed by atoms with Crippen molar-refractivity contribution in [1.29, 1.82) is 0 Å². The second-order valence-corrected chi connectivity index (χ2v) is 8.33. The van der Waals surface area contributed by atoms with E-state index in [1.54, 1.807) is 0 Å². The van der Waals surface area contributed by atoms with Gasteiger partial charge in [0.1, 0.15) is 0 Å². The van der Waals surface area contributed by atoms with E-state index in [-0.39, 0.29) is 0 Å². The number of hydrogen-bond donors (Lipinski definition) is 0. The fourth-order valence-electron chi connectivity index (χ4n) is 5.12. The molecule has 0 spiro atoms. The SMILES string of the molecule is CN1Cc2c(ccc(F)c2F)C(I)[C@@H]2C3CCC(CC3)[C@H]21. The highest BCUT2D eigenvalue weighted by atomic mass is 127. The molecule has 4 heteroatoms. The lowest BCUT2D eigenvalue weighted by molar-refractivity contribution is -0.00989. The molecule has 0 amide bonds. The smallest absolute Gasteiger partial charge is 0.163 e. The van der Waals surface area contributed by atoms with Crippen LogP contribution in [0.15, 0.2) is 12.1 Å². The van der Waals surface area contributed by atoms with Crippen molar-refractivity contribution < 1.29 is 8.78 Å². The number of halogens is 3. The molecule has 0 aromatic heterocycles. The molecule has 3 atom stereocenters. The maximum atomic E-state index is 14.3. The Bertz CT molecular complexity index is 568. The highest BCUT2D eigenvalue weighted by molar-refractivity contribution is 14.1. The van der Waals surface area contributed by atoms with Crippen molar-refractivity contribution >= 4 is 22.6 Å². The molecule has 3 saturated carbocycles. The van der Waals surface area contributed by atoms with Gasteiger partial charge in [-0.05, 0) is 62.1 Å². The van der Waals surface area contributed by atoms with Gasteiger partial charge in [0.25, 0.3) is 0 Å². The first-order valence-corrected chi connectivity index (χ1v) is 9.13. The Morgan fingerprint density at radius 2 is 1.76 bits per heavy atom. The van der Waals surface area contributed by atoms with Crippen LogP contribution < -0.4 is 0 Å². The molecular formula is C17H20F2IN. The summed E-state index contributed by atoms with van der Waals surface area (Å²) in [6.45, 7) is 0.544. The van der Waals surface area contributed by atoms with E-state index in [4.69, 9.17) is 0 Å². The van der Waals surface area contributed by atoms with Crippen molar-refractivity contribution in [3.05, 3.63) is 34.9 Å². The van der Waals surface area contributed by atoms with Crippen molar-refractivity contribution in [1.82, 2.24) is 4.90 Å². The van der Waals surface area contributed by atoms with Gasteiger partial charge in [-0.15, -0.1) is 0 Å². The molecule has 0 N–H and O–H groups in total. The molecule has 1 aromatic carbocycles. The van der Waals surface area contributed by atoms with Crippen LogP contribution in [-0.4, -0.2) is 18.0 Å². The first kappa shape index (κ1) is 14.4. The molecule has 0 radical (unpaired) electrons. The molecule has 1 nitrogen and oxygen atoms in total. The summed E-state index contributed by atoms with van der Waals surface area (Å²) >= 11 is 2.49. The number of benzene rings is 1. The van der Waals surface area contributed by atoms with Crippen LogP contribution in [0.25, 0.3) is 0 Å². The molecule has 2 bridgehead atoms. The van der Waals surface area contributed by atoms with Crippen LogP contribution in [0, 0.1) is 29.4 Å². The molecular weight excluding hydrogens is 383 g/mol. The minimum absolute atomic E-state index is 0.302. The van der Waals surface area contributed by atoms with Crippen molar-refractivity contribution in [2.75, 3.05) is 7.05 Å². The van der Waals surface area contributed by atoms with E-state index in [9.17, 15) is 8.78 Å². The number of alkyl halides is 1. The average Bonchev–Trinajstić information content (AvgIpc) is 2.62. The summed E-state index contributed by atoms with van der Waals surface area (Å²) in [5.74, 6) is 0.743. The first-order chi connectivity index (χ1) is 10.1. The van der Waals surface area contributed by atoms with E-state index in [2.05, 4.69) is 34.5 Å². The minimum Gasteiger partial charge on any atom is -0.298 e. The molecule has 0 saturated heterocycles. The Morgan fingerprint density at radius 1 is 1.10 bits per heavy atom. The number of fused-ring (bicyclic) bond motifs is 3. The molecule has 114 valence electrons. The Labute approximate surface area is 138 Å². The summed E-state index contributed by atoms with van der Waals surface area (Å²) in [5, 5.41) is 0. The van der Waals surface area contributed by atoms with Gasteiger partial charge in [-0.25, -0.2) is 8.78 Å². The monoisotopic (exact) mass is 403 g/mol. The van der Waals surface area contributed by atoms with Crippen molar-refractivity contribution in [2.45, 2.75) is 42.2 Å². The lowest BCUT2D eigenvalue weighted by atomic mass is 9.60. The van der Waals surface area contributed by atoms with E-state index in [0.717, 1.165) is 17.4 Å². The number of nitrogens with zero attached hydrogens (tertiary/aromatic N) is 1. The van der Waals surface area contributed by atoms with Gasteiger partial charge in [-0.3, -0.25) is 4.90 Å². The first-order valence-electron chi connectivity index (χ1n) is 7.89. The van der Waals surface area contributed by atoms with Gasteiger partial charge in [0.2, 0.25) is 0 Å². The fraction of sp³-hybridized carbons (Fsp3) is 0.647. The zero-order valence-electron chi connectivity index (χ0n) is 12.2. The fourth-order valence-corrected chi connectivity index (χ4v) is 6.72. The zero-order valence-corrected chi connectivity index (χ0v) is 14.3. The van der Waals surface area contributed by atoms with E-state index < -0.39 is 11.6 Å². The maximum absolute atomic E-state index is 14.3. The standard InChI is InChI=1S/C17H20F2IN/c1-21-8-12-11(6-7-13(18)15(12)19)16(20)14-9-2-4-10(5-3-9)17(14)21/h6-7,9-10,14,16-17H,2-5,8H2,1H3/t9?,10?,14-,16?,17+/m0/s1. The highest BCUT2D eigenvalue weighted by Gasteiger charge is 2.50. The highest BCUT2D eigenvalue weighted by Crippen LogP contribution is 2.55. The molecule has 3 fully saturated rings. The third-order valence-electron chi connectivity index (χ3n) is 6.02. The average molecular weight is 403 g/mol. The third kappa shape index (κ3) is 2.08. The maximum Gasteiger partial charge on any atom is 0.163 e. The minimum atomic E-state index is -0.710. The van der Waals surface area contributed by atoms with Crippen LogP contribution in [0.5, 0.6) is 0 Å². The Hall–Kier alpha value is -0.230. The molecule has 21 heavy (non-hydrogen) atoms. The van der Waals surface area contributed by atoms with Crippen LogP contribution in [0.3, 0.4) is 0 Å². The molecule has 1 unspecified atom stereocenters. The Balaban J connectivity index is 1.84. The molecule has 1 aromatic rings. The van der Waals surface area contributed by atoms with Gasteiger partial charge in [-0.2, -0.15) is 0 Å². The number of hydrogen-bond acceptors (Lipinski definition) is 1. The molecule has 4 aliphatic rings. The quantitative estimate of drug-likeness (QED) is 0.449. The predicted molar refractivity (Wildman–Crippen MR) is 87.3 cm³/mol. The Kier molecular flexibility index (Phi) is 3.52. The van der Waals surface area contributed by atoms with Gasteiger partial charge in [0.05, 0.1) is 0 Å². The zero-order chi connectivity index (χ0) is 14.7. The van der Waals surface area contributed by atoms with Crippen LogP contribution in [0.1, 0.15) is 40.7 Å². The lowest BCUT2D eigenvalue weighted by Crippen LogP contribution is -2.52. The van der Waals surface area contributed by atoms with Crippen LogP contribution in [0.4, 0.5) is 8.78 Å². The summed E-state index contributed by atoms with van der Waals surface area (Å²) < 4.78 is 28.2. The largest absolute Gasteiger partial charge is 0.298 e. The van der Waals surface area contributed by atoms with Crippen LogP contribution >= 0.6 is 22.6 Å². The summed E-state index contributed by atoms with van der Waals surface area (Å²) in [6, 6.07) is 3.67. The second kappa shape index (κ2) is 5.15. The van der Waals surface area contributed by atoms with Crippen molar-refractivity contribution in [3.8, 4) is 0 Å². The third-order valence-corrected chi connectivity index (χ3v) is 7.52. The van der Waals surface area contributed by atoms with Crippen LogP contribution in [-0.2, 0) is 6.54 Å². The molecule has 5 rings (SSSR count). The lowest BCUT2D eigenvalue weighted by Gasteiger charge is -2.52. The number of rotatable bonds is 0. The van der Waals surface area contributed by atoms with Gasteiger partial charge in [0, 0.05) is 22.1 Å². The summed E-state index contributed by atoms with van der Waals surface area (Å²) in [6.07, 6.45) is 5.26. The van der Waals surface area contributed by atoms with Gasteiger partial charge in [-0.1, -0.05) is 28.7 Å². The second-order valence-electron chi connectivity index (χ2n) is 6.99. The molecule has 3 aliphatic carbocycles. The van der Waals surface area contributed by atoms with Crippen molar-refractivity contribution in [3.63, 3.8) is 0 Å². The van der Waals surface area contributed by atoms with Crippen molar-refractivity contribution in [2.24, 2.45) is 17.8 Å². The summed E-state index contributed by atoms with van der Waals surface area (Å²) in [7, 11) is 2.10. The summed E-state index contributed by atoms with van der Waals surface area (Å²) in [5.41, 5.74) is 1.62. The van der Waals surface area contributed by atoms with E-state index in [1.807, 2.05) is 6.07 Å². The van der Waals surface area contributed by atoms with Gasteiger partial charge in [0.15, 0.2) is 11.6 Å². The van der Waals surface area contributed by atoms with E-state index in [1.165, 1.54) is 31.7 Å². The molecule has 1 heterocycles.